The van der Waals surface area contributed by atoms with E-state index >= 15 is 0 Å². The zero-order chi connectivity index (χ0) is 14.0. The predicted molar refractivity (Wildman–Crippen MR) is 66.6 cm³/mol. The molecule has 0 radical (unpaired) electrons. The molecule has 1 fully saturated rings. The third-order valence-electron chi connectivity index (χ3n) is 3.82. The van der Waals surface area contributed by atoms with Gasteiger partial charge in [-0.25, -0.2) is 0 Å². The topological polar surface area (TPSA) is 23.5 Å². The zero-order valence-electron chi connectivity index (χ0n) is 10.8. The highest BCUT2D eigenvalue weighted by molar-refractivity contribution is 5.27. The molecule has 2 rings (SSSR count). The lowest BCUT2D eigenvalue weighted by molar-refractivity contribution is -0.137. The molecule has 2 unspecified atom stereocenters. The van der Waals surface area contributed by atoms with Gasteiger partial charge >= 0.3 is 6.18 Å². The molecule has 19 heavy (non-hydrogen) atoms. The van der Waals surface area contributed by atoms with Crippen LogP contribution in [0.2, 0.25) is 0 Å². The van der Waals surface area contributed by atoms with Gasteiger partial charge in [0.1, 0.15) is 0 Å². The molecular weight excluding hydrogens is 255 g/mol. The minimum atomic E-state index is -4.30. The van der Waals surface area contributed by atoms with Crippen LogP contribution in [0.5, 0.6) is 0 Å². The van der Waals surface area contributed by atoms with E-state index < -0.39 is 11.7 Å². The number of nitrogens with zero attached hydrogens (tertiary/aromatic N) is 1. The maximum atomic E-state index is 12.5. The molecule has 5 heteroatoms. The van der Waals surface area contributed by atoms with Gasteiger partial charge in [-0.3, -0.25) is 4.90 Å². The highest BCUT2D eigenvalue weighted by Gasteiger charge is 2.32. The largest absolute Gasteiger partial charge is 0.416 e. The van der Waals surface area contributed by atoms with Crippen molar-refractivity contribution in [3.8, 4) is 0 Å². The van der Waals surface area contributed by atoms with Gasteiger partial charge in [-0.1, -0.05) is 12.1 Å². The third kappa shape index (κ3) is 3.09. The maximum absolute atomic E-state index is 12.5. The van der Waals surface area contributed by atoms with Crippen LogP contribution in [0.4, 0.5) is 13.2 Å². The monoisotopic (exact) mass is 273 g/mol. The lowest BCUT2D eigenvalue weighted by Gasteiger charge is -2.38. The van der Waals surface area contributed by atoms with E-state index in [0.29, 0.717) is 0 Å². The lowest BCUT2D eigenvalue weighted by Crippen LogP contribution is -2.37. The first-order valence-electron chi connectivity index (χ1n) is 6.41. The molecule has 1 aliphatic heterocycles. The van der Waals surface area contributed by atoms with Crippen molar-refractivity contribution in [2.75, 3.05) is 20.2 Å². The van der Waals surface area contributed by atoms with Crippen molar-refractivity contribution in [2.45, 2.75) is 25.1 Å². The first-order chi connectivity index (χ1) is 8.93. The minimum absolute atomic E-state index is 0.000957. The van der Waals surface area contributed by atoms with Gasteiger partial charge in [-0.05, 0) is 44.1 Å². The smallest absolute Gasteiger partial charge is 0.396 e. The van der Waals surface area contributed by atoms with Crippen molar-refractivity contribution in [1.82, 2.24) is 4.90 Å². The first kappa shape index (κ1) is 14.3. The van der Waals surface area contributed by atoms with Crippen molar-refractivity contribution in [3.05, 3.63) is 35.4 Å². The van der Waals surface area contributed by atoms with Gasteiger partial charge in [0.25, 0.3) is 0 Å². The number of hydrogen-bond acceptors (Lipinski definition) is 2. The van der Waals surface area contributed by atoms with E-state index in [4.69, 9.17) is 0 Å². The summed E-state index contributed by atoms with van der Waals surface area (Å²) in [5.41, 5.74) is 0.213. The average molecular weight is 273 g/mol. The highest BCUT2D eigenvalue weighted by Crippen LogP contribution is 2.36. The van der Waals surface area contributed by atoms with Gasteiger partial charge < -0.3 is 5.11 Å². The highest BCUT2D eigenvalue weighted by atomic mass is 19.4. The van der Waals surface area contributed by atoms with E-state index in [1.54, 1.807) is 0 Å². The van der Waals surface area contributed by atoms with E-state index in [2.05, 4.69) is 4.90 Å². The Bertz CT molecular complexity index is 416. The van der Waals surface area contributed by atoms with Crippen LogP contribution in [-0.4, -0.2) is 30.2 Å². The number of hydrogen-bond donors (Lipinski definition) is 1. The van der Waals surface area contributed by atoms with Crippen LogP contribution >= 0.6 is 0 Å². The van der Waals surface area contributed by atoms with E-state index in [-0.39, 0.29) is 18.6 Å². The summed E-state index contributed by atoms with van der Waals surface area (Å²) in [7, 11) is 1.95. The summed E-state index contributed by atoms with van der Waals surface area (Å²) < 4.78 is 37.6. The minimum Gasteiger partial charge on any atom is -0.396 e. The van der Waals surface area contributed by atoms with Crippen molar-refractivity contribution < 1.29 is 18.3 Å². The molecule has 0 aliphatic carbocycles. The van der Waals surface area contributed by atoms with E-state index in [1.165, 1.54) is 12.1 Å². The van der Waals surface area contributed by atoms with E-state index in [0.717, 1.165) is 37.1 Å². The molecule has 1 aliphatic rings. The molecule has 1 aromatic carbocycles. The Morgan fingerprint density at radius 1 is 1.26 bits per heavy atom. The van der Waals surface area contributed by atoms with E-state index in [9.17, 15) is 18.3 Å². The summed E-state index contributed by atoms with van der Waals surface area (Å²) in [6, 6.07) is 5.29. The number of rotatable bonds is 2. The molecule has 0 spiro atoms. The molecule has 0 bridgehead atoms. The number of alkyl halides is 3. The van der Waals surface area contributed by atoms with Crippen LogP contribution in [-0.2, 0) is 6.18 Å². The summed E-state index contributed by atoms with van der Waals surface area (Å²) in [5.74, 6) is 0.0930. The SMILES string of the molecule is CN1CCCC(CO)C1c1ccc(C(F)(F)F)cc1. The Balaban J connectivity index is 2.24. The summed E-state index contributed by atoms with van der Waals surface area (Å²) in [6.07, 6.45) is -2.38. The molecule has 2 nitrogen and oxygen atoms in total. The Hall–Kier alpha value is -1.07. The summed E-state index contributed by atoms with van der Waals surface area (Å²) in [4.78, 5) is 2.10. The van der Waals surface area contributed by atoms with Crippen LogP contribution in [0.15, 0.2) is 24.3 Å². The maximum Gasteiger partial charge on any atom is 0.416 e. The Kier molecular flexibility index (Phi) is 4.16. The van der Waals surface area contributed by atoms with Gasteiger partial charge in [0.15, 0.2) is 0 Å². The fraction of sp³-hybridized carbons (Fsp3) is 0.571. The van der Waals surface area contributed by atoms with Crippen LogP contribution in [0.3, 0.4) is 0 Å². The summed E-state index contributed by atoms with van der Waals surface area (Å²) in [6.45, 7) is 0.970. The van der Waals surface area contributed by atoms with Crippen LogP contribution < -0.4 is 0 Å². The Morgan fingerprint density at radius 2 is 1.89 bits per heavy atom. The van der Waals surface area contributed by atoms with Gasteiger partial charge in [0.2, 0.25) is 0 Å². The van der Waals surface area contributed by atoms with Gasteiger partial charge in [-0.15, -0.1) is 0 Å². The van der Waals surface area contributed by atoms with Gasteiger partial charge in [-0.2, -0.15) is 13.2 Å². The molecule has 0 saturated carbocycles. The Labute approximate surface area is 110 Å². The second-order valence-corrected chi connectivity index (χ2v) is 5.13. The number of piperidine rings is 1. The molecule has 1 aromatic rings. The van der Waals surface area contributed by atoms with Gasteiger partial charge in [0.05, 0.1) is 5.56 Å². The first-order valence-corrected chi connectivity index (χ1v) is 6.41. The second-order valence-electron chi connectivity index (χ2n) is 5.13. The molecule has 0 amide bonds. The Morgan fingerprint density at radius 3 is 2.42 bits per heavy atom. The van der Waals surface area contributed by atoms with Crippen molar-refractivity contribution in [3.63, 3.8) is 0 Å². The second kappa shape index (κ2) is 5.51. The van der Waals surface area contributed by atoms with Crippen LogP contribution in [0.25, 0.3) is 0 Å². The quantitative estimate of drug-likeness (QED) is 0.895. The third-order valence-corrected chi connectivity index (χ3v) is 3.82. The molecule has 2 atom stereocenters. The lowest BCUT2D eigenvalue weighted by atomic mass is 9.85. The fourth-order valence-corrected chi connectivity index (χ4v) is 2.85. The van der Waals surface area contributed by atoms with E-state index in [1.807, 2.05) is 7.05 Å². The molecule has 1 N–H and O–H groups in total. The number of halogens is 3. The molecule has 106 valence electrons. The normalized spacial score (nSPS) is 25.5. The standard InChI is InChI=1S/C14H18F3NO/c1-18-8-2-3-11(9-19)13(18)10-4-6-12(7-5-10)14(15,16)17/h4-7,11,13,19H,2-3,8-9H2,1H3. The number of aliphatic hydroxyl groups is 1. The average Bonchev–Trinajstić information content (AvgIpc) is 2.37. The number of benzene rings is 1. The predicted octanol–water partition coefficient (Wildman–Crippen LogP) is 3.08. The summed E-state index contributed by atoms with van der Waals surface area (Å²) >= 11 is 0. The summed E-state index contributed by atoms with van der Waals surface area (Å²) in [5, 5.41) is 9.42. The zero-order valence-corrected chi connectivity index (χ0v) is 10.8. The molecular formula is C14H18F3NO. The van der Waals surface area contributed by atoms with Gasteiger partial charge in [0, 0.05) is 18.6 Å². The molecule has 0 aromatic heterocycles. The van der Waals surface area contributed by atoms with Crippen molar-refractivity contribution >= 4 is 0 Å². The molecule has 1 saturated heterocycles. The number of likely N-dealkylation sites (tertiary alicyclic amines) is 1. The van der Waals surface area contributed by atoms with Crippen molar-refractivity contribution in [2.24, 2.45) is 5.92 Å². The van der Waals surface area contributed by atoms with Crippen LogP contribution in [0, 0.1) is 5.92 Å². The van der Waals surface area contributed by atoms with Crippen LogP contribution in [0.1, 0.15) is 30.0 Å². The van der Waals surface area contributed by atoms with Crippen molar-refractivity contribution in [1.29, 1.82) is 0 Å². The fourth-order valence-electron chi connectivity index (χ4n) is 2.85. The number of aliphatic hydroxyl groups excluding tert-OH is 1. The molecule has 1 heterocycles.